The SMILES string of the molecule is O=C(CCl)c1ccccc1OC(F)F. The third kappa shape index (κ3) is 2.67. The number of hydrogen-bond acceptors (Lipinski definition) is 2. The molecule has 1 aromatic carbocycles. The third-order valence-electron chi connectivity index (χ3n) is 1.52. The molecular weight excluding hydrogens is 214 g/mol. The number of ether oxygens (including phenoxy) is 1. The van der Waals surface area contributed by atoms with Crippen molar-refractivity contribution in [2.24, 2.45) is 0 Å². The van der Waals surface area contributed by atoms with Gasteiger partial charge in [-0.05, 0) is 12.1 Å². The molecule has 0 unspecified atom stereocenters. The molecule has 0 saturated heterocycles. The van der Waals surface area contributed by atoms with Gasteiger partial charge in [0.1, 0.15) is 5.75 Å². The Hall–Kier alpha value is -1.16. The van der Waals surface area contributed by atoms with E-state index >= 15 is 0 Å². The van der Waals surface area contributed by atoms with Gasteiger partial charge in [0.25, 0.3) is 0 Å². The van der Waals surface area contributed by atoms with Crippen LogP contribution in [0.5, 0.6) is 5.75 Å². The van der Waals surface area contributed by atoms with Gasteiger partial charge in [-0.2, -0.15) is 8.78 Å². The van der Waals surface area contributed by atoms with Gasteiger partial charge in [0, 0.05) is 0 Å². The molecule has 14 heavy (non-hydrogen) atoms. The van der Waals surface area contributed by atoms with Crippen LogP contribution in [0.1, 0.15) is 10.4 Å². The summed E-state index contributed by atoms with van der Waals surface area (Å²) in [6, 6.07) is 5.75. The highest BCUT2D eigenvalue weighted by Gasteiger charge is 2.13. The molecule has 0 aliphatic carbocycles. The van der Waals surface area contributed by atoms with E-state index in [0.29, 0.717) is 0 Å². The molecule has 0 amide bonds. The minimum Gasteiger partial charge on any atom is -0.434 e. The second-order valence-corrected chi connectivity index (χ2v) is 2.70. The number of rotatable bonds is 4. The van der Waals surface area contributed by atoms with Crippen molar-refractivity contribution in [3.63, 3.8) is 0 Å². The molecule has 0 saturated carbocycles. The van der Waals surface area contributed by atoms with Gasteiger partial charge in [0.2, 0.25) is 0 Å². The Labute approximate surface area is 84.4 Å². The summed E-state index contributed by atoms with van der Waals surface area (Å²) in [7, 11) is 0. The Kier molecular flexibility index (Phi) is 3.83. The molecule has 0 fully saturated rings. The average molecular weight is 221 g/mol. The molecule has 0 aromatic heterocycles. The van der Waals surface area contributed by atoms with Crippen LogP contribution < -0.4 is 4.74 Å². The molecule has 2 nitrogen and oxygen atoms in total. The van der Waals surface area contributed by atoms with E-state index in [-0.39, 0.29) is 17.2 Å². The molecule has 1 rings (SSSR count). The topological polar surface area (TPSA) is 26.3 Å². The summed E-state index contributed by atoms with van der Waals surface area (Å²) in [5.41, 5.74) is 0.0720. The van der Waals surface area contributed by atoms with Gasteiger partial charge >= 0.3 is 6.61 Å². The van der Waals surface area contributed by atoms with Crippen molar-refractivity contribution >= 4 is 17.4 Å². The van der Waals surface area contributed by atoms with Crippen molar-refractivity contribution in [1.82, 2.24) is 0 Å². The fourth-order valence-electron chi connectivity index (χ4n) is 0.968. The standard InChI is InChI=1S/C9H7ClF2O2/c10-5-7(13)6-3-1-2-4-8(6)14-9(11)12/h1-4,9H,5H2. The van der Waals surface area contributed by atoms with Gasteiger partial charge in [-0.15, -0.1) is 11.6 Å². The summed E-state index contributed by atoms with van der Waals surface area (Å²) in [6.45, 7) is -2.95. The number of Topliss-reactive ketones (excluding diaryl/α,β-unsaturated/α-hetero) is 1. The Morgan fingerprint density at radius 2 is 2.07 bits per heavy atom. The van der Waals surface area contributed by atoms with E-state index in [4.69, 9.17) is 11.6 Å². The summed E-state index contributed by atoms with van der Waals surface area (Å²) in [6.07, 6.45) is 0. The minimum atomic E-state index is -2.95. The first kappa shape index (κ1) is 10.9. The van der Waals surface area contributed by atoms with Crippen LogP contribution >= 0.6 is 11.6 Å². The summed E-state index contributed by atoms with van der Waals surface area (Å²) < 4.78 is 28.0. The van der Waals surface area contributed by atoms with Crippen LogP contribution in [0.15, 0.2) is 24.3 Å². The highest BCUT2D eigenvalue weighted by molar-refractivity contribution is 6.30. The smallest absolute Gasteiger partial charge is 0.387 e. The van der Waals surface area contributed by atoms with E-state index in [1.807, 2.05) is 0 Å². The van der Waals surface area contributed by atoms with E-state index in [1.54, 1.807) is 6.07 Å². The predicted octanol–water partition coefficient (Wildman–Crippen LogP) is 2.71. The lowest BCUT2D eigenvalue weighted by molar-refractivity contribution is -0.0501. The molecule has 0 radical (unpaired) electrons. The average Bonchev–Trinajstić information content (AvgIpc) is 2.16. The summed E-state index contributed by atoms with van der Waals surface area (Å²) in [5.74, 6) is -0.847. The maximum atomic E-state index is 11.9. The second kappa shape index (κ2) is 4.91. The summed E-state index contributed by atoms with van der Waals surface area (Å²) in [5, 5.41) is 0. The Balaban J connectivity index is 2.97. The van der Waals surface area contributed by atoms with Crippen molar-refractivity contribution in [2.75, 3.05) is 5.88 Å². The van der Waals surface area contributed by atoms with E-state index in [9.17, 15) is 13.6 Å². The van der Waals surface area contributed by atoms with Gasteiger partial charge in [0.05, 0.1) is 11.4 Å². The van der Waals surface area contributed by atoms with Gasteiger partial charge < -0.3 is 4.74 Å². The Morgan fingerprint density at radius 1 is 1.43 bits per heavy atom. The number of ketones is 1. The highest BCUT2D eigenvalue weighted by atomic mass is 35.5. The lowest BCUT2D eigenvalue weighted by Crippen LogP contribution is -2.08. The van der Waals surface area contributed by atoms with Crippen LogP contribution in [0.25, 0.3) is 0 Å². The van der Waals surface area contributed by atoms with Crippen molar-refractivity contribution in [3.05, 3.63) is 29.8 Å². The maximum absolute atomic E-state index is 11.9. The summed E-state index contributed by atoms with van der Waals surface area (Å²) >= 11 is 5.30. The molecule has 0 aliphatic rings. The first-order chi connectivity index (χ1) is 6.65. The number of halogens is 3. The molecule has 0 N–H and O–H groups in total. The first-order valence-corrected chi connectivity index (χ1v) is 4.31. The van der Waals surface area contributed by atoms with Crippen LogP contribution in [0.4, 0.5) is 8.78 Å². The molecule has 0 bridgehead atoms. The van der Waals surface area contributed by atoms with Crippen molar-refractivity contribution in [1.29, 1.82) is 0 Å². The van der Waals surface area contributed by atoms with Crippen LogP contribution in [-0.2, 0) is 0 Å². The summed E-state index contributed by atoms with van der Waals surface area (Å²) in [4.78, 5) is 11.2. The zero-order chi connectivity index (χ0) is 10.6. The lowest BCUT2D eigenvalue weighted by Gasteiger charge is -2.07. The van der Waals surface area contributed by atoms with Gasteiger partial charge in [-0.25, -0.2) is 0 Å². The molecule has 0 spiro atoms. The molecule has 5 heteroatoms. The third-order valence-corrected chi connectivity index (χ3v) is 1.77. The minimum absolute atomic E-state index is 0.0720. The number of para-hydroxylation sites is 1. The largest absolute Gasteiger partial charge is 0.434 e. The highest BCUT2D eigenvalue weighted by Crippen LogP contribution is 2.20. The van der Waals surface area contributed by atoms with Gasteiger partial charge in [-0.3, -0.25) is 4.79 Å². The van der Waals surface area contributed by atoms with E-state index in [2.05, 4.69) is 4.74 Å². The van der Waals surface area contributed by atoms with Crippen LogP contribution in [-0.4, -0.2) is 18.3 Å². The maximum Gasteiger partial charge on any atom is 0.387 e. The molecule has 0 aliphatic heterocycles. The van der Waals surface area contributed by atoms with Gasteiger partial charge in [0.15, 0.2) is 5.78 Å². The van der Waals surface area contributed by atoms with Gasteiger partial charge in [-0.1, -0.05) is 12.1 Å². The fourth-order valence-corrected chi connectivity index (χ4v) is 1.11. The van der Waals surface area contributed by atoms with Crippen LogP contribution in [0.3, 0.4) is 0 Å². The Bertz CT molecular complexity index is 328. The number of carbonyl (C=O) groups excluding carboxylic acids is 1. The van der Waals surface area contributed by atoms with Crippen LogP contribution in [0.2, 0.25) is 0 Å². The predicted molar refractivity (Wildman–Crippen MR) is 48.1 cm³/mol. The molecular formula is C9H7ClF2O2. The number of hydrogen-bond donors (Lipinski definition) is 0. The van der Waals surface area contributed by atoms with Crippen molar-refractivity contribution < 1.29 is 18.3 Å². The Morgan fingerprint density at radius 3 is 2.64 bits per heavy atom. The number of benzene rings is 1. The normalized spacial score (nSPS) is 10.3. The molecule has 0 atom stereocenters. The second-order valence-electron chi connectivity index (χ2n) is 2.43. The number of carbonyl (C=O) groups is 1. The van der Waals surface area contributed by atoms with Crippen molar-refractivity contribution in [2.45, 2.75) is 6.61 Å². The molecule has 76 valence electrons. The zero-order valence-electron chi connectivity index (χ0n) is 7.04. The number of alkyl halides is 3. The zero-order valence-corrected chi connectivity index (χ0v) is 7.80. The van der Waals surface area contributed by atoms with E-state index in [1.165, 1.54) is 18.2 Å². The monoisotopic (exact) mass is 220 g/mol. The quantitative estimate of drug-likeness (QED) is 0.576. The van der Waals surface area contributed by atoms with E-state index < -0.39 is 12.4 Å². The molecule has 1 aromatic rings. The lowest BCUT2D eigenvalue weighted by atomic mass is 10.1. The van der Waals surface area contributed by atoms with Crippen LogP contribution in [0, 0.1) is 0 Å². The fraction of sp³-hybridized carbons (Fsp3) is 0.222. The first-order valence-electron chi connectivity index (χ1n) is 3.78. The molecule has 0 heterocycles. The van der Waals surface area contributed by atoms with Crippen molar-refractivity contribution in [3.8, 4) is 5.75 Å². The van der Waals surface area contributed by atoms with E-state index in [0.717, 1.165) is 0 Å².